The minimum atomic E-state index is -0.141. The van der Waals surface area contributed by atoms with Crippen molar-refractivity contribution >= 4 is 17.3 Å². The lowest BCUT2D eigenvalue weighted by Gasteiger charge is -2.13. The third-order valence-electron chi connectivity index (χ3n) is 2.67. The van der Waals surface area contributed by atoms with Crippen molar-refractivity contribution in [2.75, 3.05) is 5.01 Å². The van der Waals surface area contributed by atoms with Crippen LogP contribution in [-0.4, -0.2) is 11.6 Å². The van der Waals surface area contributed by atoms with E-state index >= 15 is 0 Å². The predicted octanol–water partition coefficient (Wildman–Crippen LogP) is 2.60. The fourth-order valence-corrected chi connectivity index (χ4v) is 1.80. The van der Waals surface area contributed by atoms with Crippen molar-refractivity contribution in [3.63, 3.8) is 0 Å². The highest BCUT2D eigenvalue weighted by Crippen LogP contribution is 2.25. The second kappa shape index (κ2) is 4.31. The van der Waals surface area contributed by atoms with Crippen molar-refractivity contribution in [3.8, 4) is 0 Å². The first-order valence-corrected chi connectivity index (χ1v) is 5.29. The van der Waals surface area contributed by atoms with Gasteiger partial charge in [0.1, 0.15) is 0 Å². The molecule has 0 spiro atoms. The van der Waals surface area contributed by atoms with Crippen LogP contribution in [0.4, 0.5) is 5.69 Å². The Labute approximate surface area is 95.1 Å². The summed E-state index contributed by atoms with van der Waals surface area (Å²) in [5, 5.41) is 5.77. The standard InChI is InChI=1S/C13H14N2O/c1-3-7-12-10(2)14-15(13(12)16)11-8-5-4-6-9-11/h3-6,8-9,12H,1,7H2,2H3. The zero-order valence-electron chi connectivity index (χ0n) is 9.26. The first-order chi connectivity index (χ1) is 7.74. The van der Waals surface area contributed by atoms with E-state index in [9.17, 15) is 4.79 Å². The molecule has 2 rings (SSSR count). The normalized spacial score (nSPS) is 19.8. The van der Waals surface area contributed by atoms with Crippen LogP contribution in [-0.2, 0) is 4.79 Å². The van der Waals surface area contributed by atoms with Crippen molar-refractivity contribution in [1.29, 1.82) is 0 Å². The van der Waals surface area contributed by atoms with E-state index in [1.165, 1.54) is 5.01 Å². The molecule has 0 bridgehead atoms. The third-order valence-corrected chi connectivity index (χ3v) is 2.67. The van der Waals surface area contributed by atoms with Crippen LogP contribution in [0.1, 0.15) is 13.3 Å². The van der Waals surface area contributed by atoms with Gasteiger partial charge in [0, 0.05) is 5.71 Å². The zero-order valence-corrected chi connectivity index (χ0v) is 9.26. The van der Waals surface area contributed by atoms with Crippen LogP contribution >= 0.6 is 0 Å². The van der Waals surface area contributed by atoms with Gasteiger partial charge in [0.05, 0.1) is 11.6 Å². The summed E-state index contributed by atoms with van der Waals surface area (Å²) in [4.78, 5) is 12.1. The minimum Gasteiger partial charge on any atom is -0.272 e. The Morgan fingerprint density at radius 1 is 1.44 bits per heavy atom. The first-order valence-electron chi connectivity index (χ1n) is 5.29. The van der Waals surface area contributed by atoms with Crippen LogP contribution in [0.25, 0.3) is 0 Å². The van der Waals surface area contributed by atoms with E-state index in [0.29, 0.717) is 6.42 Å². The van der Waals surface area contributed by atoms with Gasteiger partial charge in [0.2, 0.25) is 0 Å². The molecule has 0 saturated carbocycles. The van der Waals surface area contributed by atoms with Crippen molar-refractivity contribution in [1.82, 2.24) is 0 Å². The van der Waals surface area contributed by atoms with Crippen LogP contribution in [0.3, 0.4) is 0 Å². The van der Waals surface area contributed by atoms with Crippen molar-refractivity contribution < 1.29 is 4.79 Å². The summed E-state index contributed by atoms with van der Waals surface area (Å²) in [6.45, 7) is 5.55. The fourth-order valence-electron chi connectivity index (χ4n) is 1.80. The number of carbonyl (C=O) groups excluding carboxylic acids is 1. The Morgan fingerprint density at radius 3 is 2.75 bits per heavy atom. The largest absolute Gasteiger partial charge is 0.272 e. The molecule has 3 heteroatoms. The number of hydrogen-bond acceptors (Lipinski definition) is 2. The van der Waals surface area contributed by atoms with Crippen LogP contribution in [0.15, 0.2) is 48.1 Å². The molecule has 1 atom stereocenters. The molecule has 1 heterocycles. The summed E-state index contributed by atoms with van der Waals surface area (Å²) >= 11 is 0. The summed E-state index contributed by atoms with van der Waals surface area (Å²) in [6, 6.07) is 9.47. The van der Waals surface area contributed by atoms with Gasteiger partial charge in [-0.05, 0) is 25.5 Å². The van der Waals surface area contributed by atoms with E-state index in [2.05, 4.69) is 11.7 Å². The quantitative estimate of drug-likeness (QED) is 0.712. The number of benzene rings is 1. The van der Waals surface area contributed by atoms with Gasteiger partial charge in [-0.3, -0.25) is 4.79 Å². The molecule has 82 valence electrons. The van der Waals surface area contributed by atoms with Gasteiger partial charge in [-0.2, -0.15) is 5.10 Å². The second-order valence-corrected chi connectivity index (χ2v) is 3.80. The number of carbonyl (C=O) groups is 1. The number of hydrogen-bond donors (Lipinski definition) is 0. The van der Waals surface area contributed by atoms with E-state index < -0.39 is 0 Å². The Hall–Kier alpha value is -1.90. The number of allylic oxidation sites excluding steroid dienone is 1. The molecule has 0 fully saturated rings. The molecule has 16 heavy (non-hydrogen) atoms. The van der Waals surface area contributed by atoms with Gasteiger partial charge in [-0.15, -0.1) is 6.58 Å². The number of rotatable bonds is 3. The molecule has 0 aliphatic carbocycles. The van der Waals surface area contributed by atoms with Gasteiger partial charge >= 0.3 is 0 Å². The van der Waals surface area contributed by atoms with Crippen LogP contribution in [0, 0.1) is 5.92 Å². The van der Waals surface area contributed by atoms with Crippen molar-refractivity contribution in [2.45, 2.75) is 13.3 Å². The smallest absolute Gasteiger partial charge is 0.256 e. The third kappa shape index (κ3) is 1.76. The van der Waals surface area contributed by atoms with E-state index in [1.54, 1.807) is 6.08 Å². The lowest BCUT2D eigenvalue weighted by Crippen LogP contribution is -2.26. The monoisotopic (exact) mass is 214 g/mol. The Bertz CT molecular complexity index is 437. The molecule has 1 amide bonds. The first kappa shape index (κ1) is 10.6. The molecule has 1 aliphatic heterocycles. The highest BCUT2D eigenvalue weighted by Gasteiger charge is 2.32. The van der Waals surface area contributed by atoms with E-state index in [0.717, 1.165) is 11.4 Å². The van der Waals surface area contributed by atoms with Gasteiger partial charge in [0.15, 0.2) is 0 Å². The number of hydrazone groups is 1. The number of nitrogens with zero attached hydrogens (tertiary/aromatic N) is 2. The number of amides is 1. The minimum absolute atomic E-state index is 0.0311. The number of anilines is 1. The maximum Gasteiger partial charge on any atom is 0.256 e. The predicted molar refractivity (Wildman–Crippen MR) is 65.3 cm³/mol. The number of para-hydroxylation sites is 1. The summed E-state index contributed by atoms with van der Waals surface area (Å²) in [6.07, 6.45) is 2.41. The molecule has 0 radical (unpaired) electrons. The van der Waals surface area contributed by atoms with Crippen molar-refractivity contribution in [3.05, 3.63) is 43.0 Å². The zero-order chi connectivity index (χ0) is 11.5. The summed E-state index contributed by atoms with van der Waals surface area (Å²) < 4.78 is 0. The molecular formula is C13H14N2O. The van der Waals surface area contributed by atoms with Gasteiger partial charge < -0.3 is 0 Å². The molecule has 1 aromatic rings. The molecule has 1 unspecified atom stereocenters. The molecule has 0 saturated heterocycles. The summed E-state index contributed by atoms with van der Waals surface area (Å²) in [5.41, 5.74) is 1.67. The van der Waals surface area contributed by atoms with Crippen LogP contribution in [0.2, 0.25) is 0 Å². The lowest BCUT2D eigenvalue weighted by molar-refractivity contribution is -0.119. The highest BCUT2D eigenvalue weighted by molar-refractivity contribution is 6.14. The Kier molecular flexibility index (Phi) is 2.86. The van der Waals surface area contributed by atoms with Gasteiger partial charge in [-0.1, -0.05) is 24.3 Å². The Morgan fingerprint density at radius 2 is 2.12 bits per heavy atom. The van der Waals surface area contributed by atoms with Crippen molar-refractivity contribution in [2.24, 2.45) is 11.0 Å². The average molecular weight is 214 g/mol. The maximum absolute atomic E-state index is 12.1. The summed E-state index contributed by atoms with van der Waals surface area (Å²) in [5.74, 6) is -0.110. The van der Waals surface area contributed by atoms with Gasteiger partial charge in [0.25, 0.3) is 5.91 Å². The van der Waals surface area contributed by atoms with E-state index in [4.69, 9.17) is 0 Å². The average Bonchev–Trinajstić information content (AvgIpc) is 2.59. The molecule has 1 aliphatic rings. The van der Waals surface area contributed by atoms with Crippen LogP contribution < -0.4 is 5.01 Å². The molecule has 0 N–H and O–H groups in total. The second-order valence-electron chi connectivity index (χ2n) is 3.80. The van der Waals surface area contributed by atoms with E-state index in [-0.39, 0.29) is 11.8 Å². The van der Waals surface area contributed by atoms with Crippen LogP contribution in [0.5, 0.6) is 0 Å². The Balaban J connectivity index is 2.27. The lowest BCUT2D eigenvalue weighted by atomic mass is 10.0. The SMILES string of the molecule is C=CCC1C(=O)N(c2ccccc2)N=C1C. The maximum atomic E-state index is 12.1. The molecule has 0 aromatic heterocycles. The highest BCUT2D eigenvalue weighted by atomic mass is 16.2. The molecule has 1 aromatic carbocycles. The fraction of sp³-hybridized carbons (Fsp3) is 0.231. The summed E-state index contributed by atoms with van der Waals surface area (Å²) in [7, 11) is 0. The van der Waals surface area contributed by atoms with E-state index in [1.807, 2.05) is 37.3 Å². The molecule has 3 nitrogen and oxygen atoms in total. The van der Waals surface area contributed by atoms with Gasteiger partial charge in [-0.25, -0.2) is 5.01 Å². The topological polar surface area (TPSA) is 32.7 Å². The molecular weight excluding hydrogens is 200 g/mol.